The Kier molecular flexibility index (Phi) is 893000. The molecule has 0 aliphatic rings. The molecular formula is H20NaO10+. The Morgan fingerprint density at radius 2 is 0.182 bits per heavy atom. The Balaban J connectivity index is 0. The van der Waals surface area contributed by atoms with E-state index in [0.29, 0.717) is 0 Å². The maximum atomic E-state index is 0. The monoisotopic (exact) mass is 203 g/mol. The van der Waals surface area contributed by atoms with Crippen molar-refractivity contribution in [1.82, 2.24) is 0 Å². The normalized spacial score (nSPS) is 0. The molecule has 0 saturated heterocycles. The molecule has 10 nitrogen and oxygen atoms in total. The largest absolute Gasteiger partial charge is 1.00 e. The quantitative estimate of drug-likeness (QED) is 0.330. The predicted molar refractivity (Wildman–Crippen MR) is 36.1 cm³/mol. The Morgan fingerprint density at radius 3 is 0.182 bits per heavy atom. The van der Waals surface area contributed by atoms with Gasteiger partial charge < -0.3 is 54.8 Å². The van der Waals surface area contributed by atoms with E-state index in [2.05, 4.69) is 0 Å². The van der Waals surface area contributed by atoms with E-state index in [0.717, 1.165) is 0 Å². The summed E-state index contributed by atoms with van der Waals surface area (Å²) >= 11 is 0. The van der Waals surface area contributed by atoms with Crippen LogP contribution in [0.25, 0.3) is 0 Å². The van der Waals surface area contributed by atoms with Crippen LogP contribution in [0.15, 0.2) is 0 Å². The second-order valence-corrected chi connectivity index (χ2v) is 0. The average Bonchev–Trinajstić information content (AvgIpc) is 0. The Hall–Kier alpha value is 0.600. The van der Waals surface area contributed by atoms with Crippen LogP contribution in [0.4, 0.5) is 0 Å². The van der Waals surface area contributed by atoms with E-state index in [1.54, 1.807) is 0 Å². The number of rotatable bonds is 0. The SMILES string of the molecule is O.O.O.O.O.O.O.O.O.O.[Na+]. The third-order valence-electron chi connectivity index (χ3n) is 0. The fraction of sp³-hybridized carbons (Fsp3) is 0. The van der Waals surface area contributed by atoms with Gasteiger partial charge in [0.15, 0.2) is 0 Å². The molecular weight excluding hydrogens is 183 g/mol. The molecule has 0 aromatic rings. The summed E-state index contributed by atoms with van der Waals surface area (Å²) in [5.41, 5.74) is 0. The molecule has 11 heavy (non-hydrogen) atoms. The predicted octanol–water partition coefficient (Wildman–Crippen LogP) is -11.2. The van der Waals surface area contributed by atoms with Crippen LogP contribution >= 0.6 is 0 Å². The van der Waals surface area contributed by atoms with Crippen molar-refractivity contribution < 1.29 is 84.3 Å². The Labute approximate surface area is 84.6 Å². The molecule has 0 aliphatic carbocycles. The molecule has 0 radical (unpaired) electrons. The minimum Gasteiger partial charge on any atom is -0.412 e. The molecule has 0 unspecified atom stereocenters. The van der Waals surface area contributed by atoms with Gasteiger partial charge in [-0.15, -0.1) is 0 Å². The van der Waals surface area contributed by atoms with Crippen molar-refractivity contribution >= 4 is 0 Å². The van der Waals surface area contributed by atoms with Crippen LogP contribution in [0.1, 0.15) is 0 Å². The van der Waals surface area contributed by atoms with Gasteiger partial charge in [0, 0.05) is 0 Å². The summed E-state index contributed by atoms with van der Waals surface area (Å²) in [6, 6.07) is 0. The summed E-state index contributed by atoms with van der Waals surface area (Å²) in [6.07, 6.45) is 0. The third-order valence-corrected chi connectivity index (χ3v) is 0. The van der Waals surface area contributed by atoms with Crippen LogP contribution in [0.5, 0.6) is 0 Å². The van der Waals surface area contributed by atoms with Crippen LogP contribution in [0.2, 0.25) is 0 Å². The molecule has 0 amide bonds. The second-order valence-electron chi connectivity index (χ2n) is 0. The van der Waals surface area contributed by atoms with Gasteiger partial charge in [-0.1, -0.05) is 0 Å². The molecule has 0 bridgehead atoms. The van der Waals surface area contributed by atoms with Crippen molar-refractivity contribution in [2.75, 3.05) is 0 Å². The maximum Gasteiger partial charge on any atom is 1.00 e. The maximum absolute atomic E-state index is 0. The van der Waals surface area contributed by atoms with Gasteiger partial charge in [-0.05, 0) is 0 Å². The zero-order chi connectivity index (χ0) is 0. The summed E-state index contributed by atoms with van der Waals surface area (Å²) in [5.74, 6) is 0. The van der Waals surface area contributed by atoms with Crippen molar-refractivity contribution in [1.29, 1.82) is 0 Å². The van der Waals surface area contributed by atoms with E-state index in [9.17, 15) is 0 Å². The third kappa shape index (κ3) is 2180. The number of hydrogen-bond donors (Lipinski definition) is 0. The van der Waals surface area contributed by atoms with Crippen molar-refractivity contribution in [2.45, 2.75) is 0 Å². The van der Waals surface area contributed by atoms with E-state index >= 15 is 0 Å². The summed E-state index contributed by atoms with van der Waals surface area (Å²) in [5, 5.41) is 0. The standard InChI is InChI=1S/Na.10H2O/h;10*1H2/q+1;;;;;;;;;;. The molecule has 20 N–H and O–H groups in total. The van der Waals surface area contributed by atoms with Crippen LogP contribution in [-0.4, -0.2) is 54.8 Å². The van der Waals surface area contributed by atoms with Gasteiger partial charge in [-0.2, -0.15) is 0 Å². The summed E-state index contributed by atoms with van der Waals surface area (Å²) in [6.45, 7) is 0. The molecule has 0 rings (SSSR count). The van der Waals surface area contributed by atoms with Crippen LogP contribution < -0.4 is 29.6 Å². The van der Waals surface area contributed by atoms with Crippen molar-refractivity contribution in [2.24, 2.45) is 0 Å². The molecule has 0 aliphatic heterocycles. The van der Waals surface area contributed by atoms with E-state index in [-0.39, 0.29) is 84.3 Å². The molecule has 0 heterocycles. The second kappa shape index (κ2) is 2710. The van der Waals surface area contributed by atoms with Crippen LogP contribution in [0, 0.1) is 0 Å². The smallest absolute Gasteiger partial charge is 0.412 e. The van der Waals surface area contributed by atoms with Crippen molar-refractivity contribution in [3.63, 3.8) is 0 Å². The minimum absolute atomic E-state index is 0. The van der Waals surface area contributed by atoms with Crippen LogP contribution in [0.3, 0.4) is 0 Å². The zero-order valence-corrected chi connectivity index (χ0v) is 8.00. The van der Waals surface area contributed by atoms with E-state index in [1.807, 2.05) is 0 Å². The molecule has 0 aromatic heterocycles. The first kappa shape index (κ1) is 3620. The van der Waals surface area contributed by atoms with Gasteiger partial charge in [0.25, 0.3) is 0 Å². The fourth-order valence-electron chi connectivity index (χ4n) is 0. The van der Waals surface area contributed by atoms with E-state index in [4.69, 9.17) is 0 Å². The number of hydrogen-bond acceptors (Lipinski definition) is 0. The van der Waals surface area contributed by atoms with Crippen LogP contribution in [-0.2, 0) is 0 Å². The van der Waals surface area contributed by atoms with Gasteiger partial charge in [-0.3, -0.25) is 0 Å². The summed E-state index contributed by atoms with van der Waals surface area (Å²) in [4.78, 5) is 0. The van der Waals surface area contributed by atoms with Crippen molar-refractivity contribution in [3.05, 3.63) is 0 Å². The van der Waals surface area contributed by atoms with Gasteiger partial charge in [-0.25, -0.2) is 0 Å². The van der Waals surface area contributed by atoms with Gasteiger partial charge >= 0.3 is 29.6 Å². The van der Waals surface area contributed by atoms with E-state index in [1.165, 1.54) is 0 Å². The van der Waals surface area contributed by atoms with Gasteiger partial charge in [0.05, 0.1) is 0 Å². The van der Waals surface area contributed by atoms with Gasteiger partial charge in [0.1, 0.15) is 0 Å². The van der Waals surface area contributed by atoms with Gasteiger partial charge in [0.2, 0.25) is 0 Å². The minimum atomic E-state index is 0. The molecule has 0 aromatic carbocycles. The molecule has 0 atom stereocenters. The molecule has 0 saturated carbocycles. The topological polar surface area (TPSA) is 315 Å². The zero-order valence-electron chi connectivity index (χ0n) is 6.00. The van der Waals surface area contributed by atoms with E-state index < -0.39 is 0 Å². The molecule has 80 valence electrons. The first-order valence-corrected chi connectivity index (χ1v) is 0. The fourth-order valence-corrected chi connectivity index (χ4v) is 0. The van der Waals surface area contributed by atoms with Crippen molar-refractivity contribution in [3.8, 4) is 0 Å². The molecule has 11 heteroatoms. The summed E-state index contributed by atoms with van der Waals surface area (Å²) in [7, 11) is 0. The Morgan fingerprint density at radius 1 is 0.182 bits per heavy atom. The molecule has 0 fully saturated rings. The average molecular weight is 203 g/mol. The molecule has 0 spiro atoms. The first-order chi connectivity index (χ1) is 0. The Bertz CT molecular complexity index is 4.83. The summed E-state index contributed by atoms with van der Waals surface area (Å²) < 4.78 is 0. The first-order valence-electron chi connectivity index (χ1n) is 0.